The lowest BCUT2D eigenvalue weighted by molar-refractivity contribution is -0.149. The van der Waals surface area contributed by atoms with Crippen molar-refractivity contribution in [3.8, 4) is 0 Å². The van der Waals surface area contributed by atoms with Crippen molar-refractivity contribution in [2.75, 3.05) is 20.2 Å². The van der Waals surface area contributed by atoms with Gasteiger partial charge >= 0.3 is 0 Å². The Morgan fingerprint density at radius 3 is 2.64 bits per heavy atom. The summed E-state index contributed by atoms with van der Waals surface area (Å²) < 4.78 is 6.40. The van der Waals surface area contributed by atoms with Crippen LogP contribution in [-0.4, -0.2) is 71.2 Å². The van der Waals surface area contributed by atoms with E-state index in [1.165, 1.54) is 4.90 Å². The SMILES string of the molecule is CCCCCNC(=O)C1N([C@H](C)CO)C(=O)[C@@H]2[C@H](C(=O)NC)[C@]3(C)CCC12O3. The van der Waals surface area contributed by atoms with Crippen LogP contribution < -0.4 is 10.6 Å². The molecule has 0 aliphatic carbocycles. The van der Waals surface area contributed by atoms with Crippen molar-refractivity contribution >= 4 is 17.7 Å². The number of carbonyl (C=O) groups excluding carboxylic acids is 3. The van der Waals surface area contributed by atoms with Crippen LogP contribution in [-0.2, 0) is 19.1 Å². The van der Waals surface area contributed by atoms with E-state index >= 15 is 0 Å². The Hall–Kier alpha value is -1.67. The zero-order chi connectivity index (χ0) is 20.7. The van der Waals surface area contributed by atoms with Gasteiger partial charge < -0.3 is 25.4 Å². The molecule has 2 bridgehead atoms. The summed E-state index contributed by atoms with van der Waals surface area (Å²) in [6, 6.07) is -1.36. The molecule has 0 radical (unpaired) electrons. The molecule has 2 unspecified atom stereocenters. The van der Waals surface area contributed by atoms with Gasteiger partial charge in [0.25, 0.3) is 0 Å². The van der Waals surface area contributed by atoms with Gasteiger partial charge in [-0.1, -0.05) is 19.8 Å². The number of fused-ring (bicyclic) bond motifs is 1. The molecule has 3 rings (SSSR count). The van der Waals surface area contributed by atoms with E-state index in [1.54, 1.807) is 14.0 Å². The van der Waals surface area contributed by atoms with Gasteiger partial charge in [-0.05, 0) is 33.1 Å². The van der Waals surface area contributed by atoms with E-state index in [2.05, 4.69) is 17.6 Å². The quantitative estimate of drug-likeness (QED) is 0.508. The Bertz CT molecular complexity index is 656. The molecule has 1 spiro atoms. The topological polar surface area (TPSA) is 108 Å². The Morgan fingerprint density at radius 2 is 2.04 bits per heavy atom. The van der Waals surface area contributed by atoms with Gasteiger partial charge in [-0.3, -0.25) is 14.4 Å². The van der Waals surface area contributed by atoms with Crippen LogP contribution in [0.25, 0.3) is 0 Å². The maximum Gasteiger partial charge on any atom is 0.245 e. The number of aliphatic hydroxyl groups is 1. The van der Waals surface area contributed by atoms with Crippen molar-refractivity contribution < 1.29 is 24.2 Å². The van der Waals surface area contributed by atoms with Gasteiger partial charge in [-0.25, -0.2) is 0 Å². The summed E-state index contributed by atoms with van der Waals surface area (Å²) in [6.45, 7) is 5.96. The monoisotopic (exact) mass is 395 g/mol. The van der Waals surface area contributed by atoms with Crippen molar-refractivity contribution in [1.82, 2.24) is 15.5 Å². The molecule has 3 fully saturated rings. The Balaban J connectivity index is 1.96. The molecule has 3 saturated heterocycles. The normalized spacial score (nSPS) is 37.1. The second-order valence-electron chi connectivity index (χ2n) is 8.62. The minimum Gasteiger partial charge on any atom is -0.394 e. The van der Waals surface area contributed by atoms with E-state index in [4.69, 9.17) is 4.74 Å². The zero-order valence-corrected chi connectivity index (χ0v) is 17.3. The number of hydrogen-bond donors (Lipinski definition) is 3. The Labute approximate surface area is 166 Å². The molecule has 6 atom stereocenters. The van der Waals surface area contributed by atoms with E-state index < -0.39 is 35.1 Å². The largest absolute Gasteiger partial charge is 0.394 e. The molecular weight excluding hydrogens is 362 g/mol. The highest BCUT2D eigenvalue weighted by Crippen LogP contribution is 2.63. The van der Waals surface area contributed by atoms with Gasteiger partial charge in [0.15, 0.2) is 0 Å². The minimum absolute atomic E-state index is 0.233. The Kier molecular flexibility index (Phi) is 5.74. The van der Waals surface area contributed by atoms with Crippen LogP contribution in [0, 0.1) is 11.8 Å². The van der Waals surface area contributed by atoms with Crippen LogP contribution in [0.3, 0.4) is 0 Å². The van der Waals surface area contributed by atoms with Crippen LogP contribution >= 0.6 is 0 Å². The highest BCUT2D eigenvalue weighted by atomic mass is 16.5. The fourth-order valence-corrected chi connectivity index (χ4v) is 5.47. The Morgan fingerprint density at radius 1 is 1.32 bits per heavy atom. The number of unbranched alkanes of at least 4 members (excludes halogenated alkanes) is 2. The summed E-state index contributed by atoms with van der Waals surface area (Å²) in [5.41, 5.74) is -1.77. The molecule has 3 N–H and O–H groups in total. The lowest BCUT2D eigenvalue weighted by Crippen LogP contribution is -2.57. The highest BCUT2D eigenvalue weighted by molar-refractivity contribution is 5.99. The summed E-state index contributed by atoms with van der Waals surface area (Å²) in [5, 5.41) is 15.3. The van der Waals surface area contributed by atoms with Gasteiger partial charge in [0.1, 0.15) is 11.6 Å². The number of nitrogens with one attached hydrogen (secondary N) is 2. The van der Waals surface area contributed by atoms with Crippen molar-refractivity contribution in [1.29, 1.82) is 0 Å². The zero-order valence-electron chi connectivity index (χ0n) is 17.3. The van der Waals surface area contributed by atoms with Gasteiger partial charge in [-0.2, -0.15) is 0 Å². The molecule has 158 valence electrons. The first-order chi connectivity index (χ1) is 13.3. The lowest BCUT2D eigenvalue weighted by Gasteiger charge is -2.35. The summed E-state index contributed by atoms with van der Waals surface area (Å²) >= 11 is 0. The maximum absolute atomic E-state index is 13.4. The second kappa shape index (κ2) is 7.63. The first-order valence-corrected chi connectivity index (χ1v) is 10.4. The molecule has 3 aliphatic rings. The summed E-state index contributed by atoms with van der Waals surface area (Å²) in [5.74, 6) is -2.10. The van der Waals surface area contributed by atoms with Crippen LogP contribution in [0.5, 0.6) is 0 Å². The van der Waals surface area contributed by atoms with Crippen LogP contribution in [0.4, 0.5) is 0 Å². The smallest absolute Gasteiger partial charge is 0.245 e. The van der Waals surface area contributed by atoms with E-state index in [1.807, 2.05) is 6.92 Å². The number of hydrogen-bond acceptors (Lipinski definition) is 5. The number of aliphatic hydroxyl groups excluding tert-OH is 1. The third-order valence-electron chi connectivity index (χ3n) is 6.81. The third kappa shape index (κ3) is 2.92. The van der Waals surface area contributed by atoms with Gasteiger partial charge in [0.2, 0.25) is 17.7 Å². The van der Waals surface area contributed by atoms with Gasteiger partial charge in [0, 0.05) is 13.6 Å². The highest BCUT2D eigenvalue weighted by Gasteiger charge is 2.78. The molecule has 0 aromatic rings. The molecule has 8 nitrogen and oxygen atoms in total. The number of likely N-dealkylation sites (tertiary alicyclic amines) is 1. The van der Waals surface area contributed by atoms with E-state index in [-0.39, 0.29) is 24.3 Å². The average Bonchev–Trinajstić information content (AvgIpc) is 3.24. The number of amides is 3. The molecule has 0 aromatic carbocycles. The van der Waals surface area contributed by atoms with Crippen molar-refractivity contribution in [3.05, 3.63) is 0 Å². The van der Waals surface area contributed by atoms with E-state index in [0.29, 0.717) is 19.4 Å². The predicted octanol–water partition coefficient (Wildman–Crippen LogP) is 0.184. The van der Waals surface area contributed by atoms with Crippen molar-refractivity contribution in [3.63, 3.8) is 0 Å². The summed E-state index contributed by atoms with van der Waals surface area (Å²) in [7, 11) is 1.55. The summed E-state index contributed by atoms with van der Waals surface area (Å²) in [6.07, 6.45) is 4.10. The van der Waals surface area contributed by atoms with Crippen molar-refractivity contribution in [2.45, 2.75) is 76.2 Å². The molecule has 8 heteroatoms. The molecule has 3 heterocycles. The fraction of sp³-hybridized carbons (Fsp3) is 0.850. The van der Waals surface area contributed by atoms with E-state index in [9.17, 15) is 19.5 Å². The predicted molar refractivity (Wildman–Crippen MR) is 102 cm³/mol. The van der Waals surface area contributed by atoms with E-state index in [0.717, 1.165) is 19.3 Å². The number of rotatable bonds is 8. The van der Waals surface area contributed by atoms with Crippen molar-refractivity contribution in [2.24, 2.45) is 11.8 Å². The fourth-order valence-electron chi connectivity index (χ4n) is 5.47. The molecule has 3 amide bonds. The first kappa shape index (κ1) is 21.0. The van der Waals surface area contributed by atoms with Crippen LogP contribution in [0.2, 0.25) is 0 Å². The molecule has 28 heavy (non-hydrogen) atoms. The molecule has 0 aromatic heterocycles. The number of nitrogens with zero attached hydrogens (tertiary/aromatic N) is 1. The van der Waals surface area contributed by atoms with Crippen LogP contribution in [0.15, 0.2) is 0 Å². The molecule has 3 aliphatic heterocycles. The number of carbonyl (C=O) groups is 3. The molecule has 0 saturated carbocycles. The lowest BCUT2D eigenvalue weighted by atomic mass is 9.66. The second-order valence-corrected chi connectivity index (χ2v) is 8.62. The third-order valence-corrected chi connectivity index (χ3v) is 6.81. The first-order valence-electron chi connectivity index (χ1n) is 10.4. The minimum atomic E-state index is -1.01. The standard InChI is InChI=1S/C20H33N3O5/c1-5-6-7-10-22-17(26)15-20-9-8-19(3,28-20)13(16(25)21-4)14(20)18(27)23(15)12(2)11-24/h12-15,24H,5-11H2,1-4H3,(H,21,25)(H,22,26)/t12-,13-,14+,15?,19+,20?/m1/s1. The summed E-state index contributed by atoms with van der Waals surface area (Å²) in [4.78, 5) is 40.7. The average molecular weight is 396 g/mol. The van der Waals surface area contributed by atoms with Gasteiger partial charge in [0.05, 0.1) is 30.1 Å². The maximum atomic E-state index is 13.4. The van der Waals surface area contributed by atoms with Crippen LogP contribution in [0.1, 0.15) is 52.9 Å². The van der Waals surface area contributed by atoms with Gasteiger partial charge in [-0.15, -0.1) is 0 Å². The number of ether oxygens (including phenoxy) is 1. The molecular formula is C20H33N3O5.